The largest absolute Gasteiger partial charge is 0.366 e. The van der Waals surface area contributed by atoms with Crippen molar-refractivity contribution in [2.75, 3.05) is 0 Å². The summed E-state index contributed by atoms with van der Waals surface area (Å²) in [5.41, 5.74) is 5.67. The Bertz CT molecular complexity index is 477. The van der Waals surface area contributed by atoms with Gasteiger partial charge in [-0.1, -0.05) is 0 Å². The van der Waals surface area contributed by atoms with Gasteiger partial charge in [-0.3, -0.25) is 9.89 Å². The van der Waals surface area contributed by atoms with Crippen molar-refractivity contribution in [2.24, 2.45) is 5.73 Å². The van der Waals surface area contributed by atoms with Gasteiger partial charge in [0.25, 0.3) is 0 Å². The quantitative estimate of drug-likeness (QED) is 0.679. The third-order valence-electron chi connectivity index (χ3n) is 1.79. The number of fused-ring (bicyclic) bond motifs is 1. The van der Waals surface area contributed by atoms with E-state index in [0.717, 1.165) is 6.07 Å². The number of halogens is 1. The fraction of sp³-hybridized carbons (Fsp3) is 0. The highest BCUT2D eigenvalue weighted by atomic mass is 19.1. The van der Waals surface area contributed by atoms with E-state index < -0.39 is 11.7 Å². The van der Waals surface area contributed by atoms with Gasteiger partial charge in [0.15, 0.2) is 0 Å². The molecule has 1 aromatic heterocycles. The standard InChI is InChI=1S/C8H6FN3O/c9-4-1-5(8(10)13)6-3-11-12-7(6)2-4/h1-3H,(H2,10,13)(H,11,12). The summed E-state index contributed by atoms with van der Waals surface area (Å²) in [6.07, 6.45) is 1.44. The van der Waals surface area contributed by atoms with E-state index in [2.05, 4.69) is 10.2 Å². The molecule has 0 saturated carbocycles. The molecule has 13 heavy (non-hydrogen) atoms. The number of nitrogens with zero attached hydrogens (tertiary/aromatic N) is 1. The minimum Gasteiger partial charge on any atom is -0.366 e. The average Bonchev–Trinajstić information content (AvgIpc) is 2.49. The first-order chi connectivity index (χ1) is 6.18. The number of aromatic nitrogens is 2. The van der Waals surface area contributed by atoms with Crippen LogP contribution in [0.5, 0.6) is 0 Å². The molecule has 1 amide bonds. The number of rotatable bonds is 1. The summed E-state index contributed by atoms with van der Waals surface area (Å²) in [5.74, 6) is -1.17. The highest BCUT2D eigenvalue weighted by Crippen LogP contribution is 2.17. The zero-order valence-corrected chi connectivity index (χ0v) is 6.54. The number of carbonyl (C=O) groups excluding carboxylic acids is 1. The molecule has 66 valence electrons. The summed E-state index contributed by atoms with van der Waals surface area (Å²) >= 11 is 0. The number of hydrogen-bond donors (Lipinski definition) is 2. The van der Waals surface area contributed by atoms with Crippen molar-refractivity contribution in [3.63, 3.8) is 0 Å². The van der Waals surface area contributed by atoms with Crippen molar-refractivity contribution in [2.45, 2.75) is 0 Å². The summed E-state index contributed by atoms with van der Waals surface area (Å²) in [6.45, 7) is 0. The summed E-state index contributed by atoms with van der Waals surface area (Å²) in [7, 11) is 0. The van der Waals surface area contributed by atoms with Crippen molar-refractivity contribution in [3.05, 3.63) is 29.7 Å². The SMILES string of the molecule is NC(=O)c1cc(F)cc2[nH]ncc12. The van der Waals surface area contributed by atoms with Crippen LogP contribution in [0.15, 0.2) is 18.3 Å². The van der Waals surface area contributed by atoms with Gasteiger partial charge in [-0.15, -0.1) is 0 Å². The van der Waals surface area contributed by atoms with Crippen LogP contribution in [0.2, 0.25) is 0 Å². The van der Waals surface area contributed by atoms with Crippen LogP contribution in [0, 0.1) is 5.82 Å². The molecule has 0 spiro atoms. The Balaban J connectivity index is 2.84. The number of aromatic amines is 1. The van der Waals surface area contributed by atoms with E-state index in [0.29, 0.717) is 10.9 Å². The van der Waals surface area contributed by atoms with E-state index >= 15 is 0 Å². The minimum atomic E-state index is -0.661. The van der Waals surface area contributed by atoms with Crippen LogP contribution >= 0.6 is 0 Å². The van der Waals surface area contributed by atoms with Gasteiger partial charge in [0.1, 0.15) is 5.82 Å². The molecule has 5 heteroatoms. The molecule has 0 aliphatic rings. The van der Waals surface area contributed by atoms with Crippen molar-refractivity contribution < 1.29 is 9.18 Å². The average molecular weight is 179 g/mol. The predicted octanol–water partition coefficient (Wildman–Crippen LogP) is 0.801. The first-order valence-electron chi connectivity index (χ1n) is 3.61. The number of primary amides is 1. The molecule has 2 rings (SSSR count). The van der Waals surface area contributed by atoms with E-state index in [-0.39, 0.29) is 5.56 Å². The Morgan fingerprint density at radius 3 is 3.00 bits per heavy atom. The smallest absolute Gasteiger partial charge is 0.249 e. The minimum absolute atomic E-state index is 0.142. The van der Waals surface area contributed by atoms with Gasteiger partial charge in [-0.25, -0.2) is 4.39 Å². The number of nitrogens with two attached hydrogens (primary N) is 1. The fourth-order valence-corrected chi connectivity index (χ4v) is 1.22. The molecular weight excluding hydrogens is 173 g/mol. The maximum absolute atomic E-state index is 12.9. The topological polar surface area (TPSA) is 71.8 Å². The molecule has 0 radical (unpaired) electrons. The zero-order valence-electron chi connectivity index (χ0n) is 6.54. The Labute approximate surface area is 72.5 Å². The van der Waals surface area contributed by atoms with Crippen LogP contribution < -0.4 is 5.73 Å². The molecule has 0 aliphatic carbocycles. The third-order valence-corrected chi connectivity index (χ3v) is 1.79. The van der Waals surface area contributed by atoms with Gasteiger partial charge < -0.3 is 5.73 Å². The molecule has 0 fully saturated rings. The summed E-state index contributed by atoms with van der Waals surface area (Å²) < 4.78 is 12.9. The van der Waals surface area contributed by atoms with Crippen LogP contribution in [0.1, 0.15) is 10.4 Å². The molecule has 0 saturated heterocycles. The fourth-order valence-electron chi connectivity index (χ4n) is 1.22. The lowest BCUT2D eigenvalue weighted by Crippen LogP contribution is -2.11. The maximum Gasteiger partial charge on any atom is 0.249 e. The summed E-state index contributed by atoms with van der Waals surface area (Å²) in [6, 6.07) is 2.36. The van der Waals surface area contributed by atoms with Gasteiger partial charge in [-0.2, -0.15) is 5.10 Å². The predicted molar refractivity (Wildman–Crippen MR) is 44.6 cm³/mol. The van der Waals surface area contributed by atoms with E-state index in [9.17, 15) is 9.18 Å². The Kier molecular flexibility index (Phi) is 1.51. The highest BCUT2D eigenvalue weighted by Gasteiger charge is 2.09. The van der Waals surface area contributed by atoms with Gasteiger partial charge in [0, 0.05) is 5.39 Å². The monoisotopic (exact) mass is 179 g/mol. The number of amides is 1. The molecular formula is C8H6FN3O. The molecule has 3 N–H and O–H groups in total. The molecule has 1 heterocycles. The number of benzene rings is 1. The van der Waals surface area contributed by atoms with Crippen LogP contribution in [0.25, 0.3) is 10.9 Å². The van der Waals surface area contributed by atoms with Crippen LogP contribution in [0.4, 0.5) is 4.39 Å². The molecule has 0 bridgehead atoms. The Hall–Kier alpha value is -1.91. The van der Waals surface area contributed by atoms with Crippen LogP contribution in [0.3, 0.4) is 0 Å². The van der Waals surface area contributed by atoms with Gasteiger partial charge in [0.05, 0.1) is 17.3 Å². The molecule has 1 aromatic carbocycles. The van der Waals surface area contributed by atoms with Crippen molar-refractivity contribution in [3.8, 4) is 0 Å². The second-order valence-corrected chi connectivity index (χ2v) is 2.65. The van der Waals surface area contributed by atoms with Gasteiger partial charge in [0.2, 0.25) is 5.91 Å². The normalized spacial score (nSPS) is 10.5. The Morgan fingerprint density at radius 2 is 2.31 bits per heavy atom. The van der Waals surface area contributed by atoms with Crippen molar-refractivity contribution in [1.29, 1.82) is 0 Å². The summed E-state index contributed by atoms with van der Waals surface area (Å²) in [5, 5.41) is 6.78. The number of carbonyl (C=O) groups is 1. The molecule has 0 atom stereocenters. The molecule has 2 aromatic rings. The lowest BCUT2D eigenvalue weighted by atomic mass is 10.1. The lowest BCUT2D eigenvalue weighted by Gasteiger charge is -1.97. The van der Waals surface area contributed by atoms with Crippen LogP contribution in [-0.2, 0) is 0 Å². The van der Waals surface area contributed by atoms with Crippen molar-refractivity contribution in [1.82, 2.24) is 10.2 Å². The van der Waals surface area contributed by atoms with Gasteiger partial charge in [-0.05, 0) is 12.1 Å². The number of H-pyrrole nitrogens is 1. The number of nitrogens with one attached hydrogen (secondary N) is 1. The Morgan fingerprint density at radius 1 is 1.54 bits per heavy atom. The molecule has 4 nitrogen and oxygen atoms in total. The second kappa shape index (κ2) is 2.55. The summed E-state index contributed by atoms with van der Waals surface area (Å²) in [4.78, 5) is 10.9. The zero-order chi connectivity index (χ0) is 9.42. The molecule has 0 unspecified atom stereocenters. The number of hydrogen-bond acceptors (Lipinski definition) is 2. The first kappa shape index (κ1) is 7.72. The molecule has 0 aliphatic heterocycles. The maximum atomic E-state index is 12.9. The second-order valence-electron chi connectivity index (χ2n) is 2.65. The van der Waals surface area contributed by atoms with Crippen LogP contribution in [-0.4, -0.2) is 16.1 Å². The van der Waals surface area contributed by atoms with E-state index in [1.807, 2.05) is 0 Å². The third kappa shape index (κ3) is 1.14. The van der Waals surface area contributed by atoms with E-state index in [4.69, 9.17) is 5.73 Å². The van der Waals surface area contributed by atoms with Gasteiger partial charge >= 0.3 is 0 Å². The van der Waals surface area contributed by atoms with Crippen molar-refractivity contribution >= 4 is 16.8 Å². The highest BCUT2D eigenvalue weighted by molar-refractivity contribution is 6.05. The lowest BCUT2D eigenvalue weighted by molar-refractivity contribution is 0.100. The first-order valence-corrected chi connectivity index (χ1v) is 3.61. The van der Waals surface area contributed by atoms with E-state index in [1.54, 1.807) is 0 Å². The van der Waals surface area contributed by atoms with E-state index in [1.165, 1.54) is 12.3 Å².